The van der Waals surface area contributed by atoms with Crippen molar-refractivity contribution in [2.45, 2.75) is 0 Å². The Labute approximate surface area is 142 Å². The predicted molar refractivity (Wildman–Crippen MR) is 95.7 cm³/mol. The number of aromatic nitrogens is 3. The molecule has 0 aliphatic rings. The number of hydrogen-bond donors (Lipinski definition) is 3. The van der Waals surface area contributed by atoms with Crippen LogP contribution < -0.4 is 5.73 Å². The van der Waals surface area contributed by atoms with Crippen molar-refractivity contribution in [1.82, 2.24) is 15.0 Å². The highest BCUT2D eigenvalue weighted by Gasteiger charge is 2.09. The van der Waals surface area contributed by atoms with E-state index in [2.05, 4.69) is 15.0 Å². The van der Waals surface area contributed by atoms with Crippen molar-refractivity contribution < 1.29 is 4.39 Å². The minimum Gasteiger partial charge on any atom is -0.384 e. The van der Waals surface area contributed by atoms with Gasteiger partial charge >= 0.3 is 0 Å². The van der Waals surface area contributed by atoms with Gasteiger partial charge < -0.3 is 10.7 Å². The van der Waals surface area contributed by atoms with Gasteiger partial charge in [-0.15, -0.1) is 0 Å². The summed E-state index contributed by atoms with van der Waals surface area (Å²) in [6.45, 7) is 0. The van der Waals surface area contributed by atoms with Crippen LogP contribution in [-0.4, -0.2) is 20.8 Å². The maximum Gasteiger partial charge on any atom is 0.157 e. The van der Waals surface area contributed by atoms with Crippen LogP contribution in [0.3, 0.4) is 0 Å². The molecule has 25 heavy (non-hydrogen) atoms. The van der Waals surface area contributed by atoms with Crippen LogP contribution in [0.5, 0.6) is 0 Å². The van der Waals surface area contributed by atoms with Crippen molar-refractivity contribution in [2.75, 3.05) is 0 Å². The average molecular weight is 331 g/mol. The quantitative estimate of drug-likeness (QED) is 0.395. The number of nitrogens with zero attached hydrogens (tertiary/aromatic N) is 2. The summed E-state index contributed by atoms with van der Waals surface area (Å²) in [7, 11) is 0. The SMILES string of the molecule is N=C(N)c1ccc2[nH]c(-c3cccc(-c4ccc(F)cc4)n3)nc2c1. The highest BCUT2D eigenvalue weighted by atomic mass is 19.1. The van der Waals surface area contributed by atoms with E-state index in [4.69, 9.17) is 11.1 Å². The zero-order chi connectivity index (χ0) is 17.4. The van der Waals surface area contributed by atoms with E-state index in [-0.39, 0.29) is 11.7 Å². The molecule has 0 amide bonds. The second-order valence-corrected chi connectivity index (χ2v) is 5.65. The third kappa shape index (κ3) is 2.85. The first kappa shape index (κ1) is 15.0. The highest BCUT2D eigenvalue weighted by molar-refractivity contribution is 5.98. The van der Waals surface area contributed by atoms with Crippen LogP contribution in [-0.2, 0) is 0 Å². The number of nitrogens with two attached hydrogens (primary N) is 1. The third-order valence-corrected chi connectivity index (χ3v) is 3.93. The van der Waals surface area contributed by atoms with Gasteiger partial charge in [-0.05, 0) is 54.6 Å². The highest BCUT2D eigenvalue weighted by Crippen LogP contribution is 2.23. The van der Waals surface area contributed by atoms with E-state index >= 15 is 0 Å². The minimum absolute atomic E-state index is 0.00267. The molecule has 0 spiro atoms. The maximum absolute atomic E-state index is 13.1. The molecule has 0 atom stereocenters. The maximum atomic E-state index is 13.1. The van der Waals surface area contributed by atoms with Gasteiger partial charge in [0.1, 0.15) is 17.3 Å². The van der Waals surface area contributed by atoms with Crippen LogP contribution in [0.4, 0.5) is 4.39 Å². The zero-order valence-corrected chi connectivity index (χ0v) is 13.1. The van der Waals surface area contributed by atoms with Crippen molar-refractivity contribution in [2.24, 2.45) is 5.73 Å². The Balaban J connectivity index is 1.77. The summed E-state index contributed by atoms with van der Waals surface area (Å²) in [6.07, 6.45) is 0. The molecule has 2 aromatic carbocycles. The number of rotatable bonds is 3. The van der Waals surface area contributed by atoms with E-state index in [1.807, 2.05) is 24.3 Å². The zero-order valence-electron chi connectivity index (χ0n) is 13.1. The molecule has 2 heterocycles. The van der Waals surface area contributed by atoms with E-state index in [1.54, 1.807) is 24.3 Å². The first-order valence-corrected chi connectivity index (χ1v) is 7.68. The number of hydrogen-bond acceptors (Lipinski definition) is 3. The van der Waals surface area contributed by atoms with Crippen molar-refractivity contribution in [3.05, 3.63) is 72.0 Å². The lowest BCUT2D eigenvalue weighted by Crippen LogP contribution is -2.10. The van der Waals surface area contributed by atoms with E-state index < -0.39 is 0 Å². The number of benzene rings is 2. The predicted octanol–water partition coefficient (Wildman–Crippen LogP) is 3.72. The Morgan fingerprint density at radius 2 is 1.72 bits per heavy atom. The van der Waals surface area contributed by atoms with Crippen LogP contribution in [0.1, 0.15) is 5.56 Å². The van der Waals surface area contributed by atoms with Crippen LogP contribution in [0.2, 0.25) is 0 Å². The van der Waals surface area contributed by atoms with Crippen molar-refractivity contribution >= 4 is 16.9 Å². The lowest BCUT2D eigenvalue weighted by Gasteiger charge is -2.03. The molecule has 0 saturated heterocycles. The molecule has 0 aliphatic carbocycles. The fourth-order valence-corrected chi connectivity index (χ4v) is 2.64. The smallest absolute Gasteiger partial charge is 0.157 e. The summed E-state index contributed by atoms with van der Waals surface area (Å²) >= 11 is 0. The van der Waals surface area contributed by atoms with Gasteiger partial charge in [0.25, 0.3) is 0 Å². The molecular formula is C19H14FN5. The largest absolute Gasteiger partial charge is 0.384 e. The summed E-state index contributed by atoms with van der Waals surface area (Å²) in [4.78, 5) is 12.4. The molecule has 4 aromatic rings. The summed E-state index contributed by atoms with van der Waals surface area (Å²) in [5, 5.41) is 7.52. The van der Waals surface area contributed by atoms with Crippen molar-refractivity contribution in [1.29, 1.82) is 5.41 Å². The molecule has 0 saturated carbocycles. The Bertz CT molecular complexity index is 1080. The number of nitrogen functional groups attached to an aromatic ring is 1. The Kier molecular flexibility index (Phi) is 3.50. The van der Waals surface area contributed by atoms with Crippen LogP contribution in [0, 0.1) is 11.2 Å². The molecule has 0 aliphatic heterocycles. The third-order valence-electron chi connectivity index (χ3n) is 3.93. The fourth-order valence-electron chi connectivity index (χ4n) is 2.64. The van der Waals surface area contributed by atoms with E-state index in [0.29, 0.717) is 17.1 Å². The number of nitrogens with one attached hydrogen (secondary N) is 2. The molecular weight excluding hydrogens is 317 g/mol. The number of H-pyrrole nitrogens is 1. The molecule has 2 aromatic heterocycles. The van der Waals surface area contributed by atoms with E-state index in [0.717, 1.165) is 22.3 Å². The number of fused-ring (bicyclic) bond motifs is 1. The molecule has 4 N–H and O–H groups in total. The molecule has 5 nitrogen and oxygen atoms in total. The van der Waals surface area contributed by atoms with Gasteiger partial charge in [0, 0.05) is 11.1 Å². The first-order chi connectivity index (χ1) is 12.1. The lowest BCUT2D eigenvalue weighted by molar-refractivity contribution is 0.628. The Morgan fingerprint density at radius 3 is 2.48 bits per heavy atom. The second-order valence-electron chi connectivity index (χ2n) is 5.65. The number of pyridine rings is 1. The standard InChI is InChI=1S/C19H14FN5/c20-13-7-4-11(5-8-13)14-2-1-3-16(23-14)19-24-15-9-6-12(18(21)22)10-17(15)25-19/h1-10H,(H3,21,22)(H,24,25). The molecule has 0 radical (unpaired) electrons. The van der Waals surface area contributed by atoms with Crippen LogP contribution in [0.25, 0.3) is 33.8 Å². The van der Waals surface area contributed by atoms with Gasteiger partial charge in [0.05, 0.1) is 16.7 Å². The summed E-state index contributed by atoms with van der Waals surface area (Å²) < 4.78 is 13.1. The second kappa shape index (κ2) is 5.83. The normalized spacial score (nSPS) is 10.9. The van der Waals surface area contributed by atoms with Gasteiger partial charge in [0.15, 0.2) is 5.82 Å². The van der Waals surface area contributed by atoms with Crippen LogP contribution in [0.15, 0.2) is 60.7 Å². The monoisotopic (exact) mass is 331 g/mol. The van der Waals surface area contributed by atoms with Gasteiger partial charge in [-0.25, -0.2) is 14.4 Å². The van der Waals surface area contributed by atoms with Gasteiger partial charge in [-0.3, -0.25) is 5.41 Å². The minimum atomic E-state index is -0.279. The molecule has 0 fully saturated rings. The number of amidine groups is 1. The van der Waals surface area contributed by atoms with E-state index in [9.17, 15) is 4.39 Å². The fraction of sp³-hybridized carbons (Fsp3) is 0. The van der Waals surface area contributed by atoms with Crippen LogP contribution >= 0.6 is 0 Å². The molecule has 122 valence electrons. The molecule has 4 rings (SSSR count). The molecule has 0 unspecified atom stereocenters. The number of imidazole rings is 1. The van der Waals surface area contributed by atoms with Gasteiger partial charge in [0.2, 0.25) is 0 Å². The van der Waals surface area contributed by atoms with E-state index in [1.165, 1.54) is 12.1 Å². The van der Waals surface area contributed by atoms with Gasteiger partial charge in [-0.2, -0.15) is 0 Å². The van der Waals surface area contributed by atoms with Gasteiger partial charge in [-0.1, -0.05) is 6.07 Å². The van der Waals surface area contributed by atoms with Crippen molar-refractivity contribution in [3.8, 4) is 22.8 Å². The lowest BCUT2D eigenvalue weighted by atomic mass is 10.1. The van der Waals surface area contributed by atoms with Crippen molar-refractivity contribution in [3.63, 3.8) is 0 Å². The Hall–Kier alpha value is -3.54. The number of aromatic amines is 1. The topological polar surface area (TPSA) is 91.4 Å². The Morgan fingerprint density at radius 1 is 0.960 bits per heavy atom. The average Bonchev–Trinajstić information content (AvgIpc) is 3.05. The molecule has 0 bridgehead atoms. The number of halogens is 1. The summed E-state index contributed by atoms with van der Waals surface area (Å²) in [5.41, 5.74) is 9.96. The summed E-state index contributed by atoms with van der Waals surface area (Å²) in [5.74, 6) is 0.348. The first-order valence-electron chi connectivity index (χ1n) is 7.68. The molecule has 6 heteroatoms. The summed E-state index contributed by atoms with van der Waals surface area (Å²) in [6, 6.07) is 17.2.